The van der Waals surface area contributed by atoms with E-state index < -0.39 is 5.82 Å². The number of benzene rings is 2. The van der Waals surface area contributed by atoms with Crippen LogP contribution in [0.5, 0.6) is 17.2 Å². The molecule has 0 unspecified atom stereocenters. The number of carbonyl (C=O) groups is 1. The highest BCUT2D eigenvalue weighted by atomic mass is 19.1. The molecular formula is C18H20FNO4. The minimum atomic E-state index is -0.417. The highest BCUT2D eigenvalue weighted by molar-refractivity contribution is 5.67. The molecule has 0 aliphatic heterocycles. The van der Waals surface area contributed by atoms with Gasteiger partial charge in [-0.25, -0.2) is 9.18 Å². The highest BCUT2D eigenvalue weighted by Crippen LogP contribution is 2.25. The molecule has 2 aromatic carbocycles. The fourth-order valence-electron chi connectivity index (χ4n) is 1.88. The summed E-state index contributed by atoms with van der Waals surface area (Å²) in [6.45, 7) is 2.84. The largest absolute Gasteiger partial charge is 0.492 e. The average Bonchev–Trinajstić information content (AvgIpc) is 2.58. The van der Waals surface area contributed by atoms with Gasteiger partial charge in [0.05, 0.1) is 13.2 Å². The normalized spacial score (nSPS) is 10.1. The molecule has 0 aliphatic rings. The van der Waals surface area contributed by atoms with Crippen molar-refractivity contribution in [2.75, 3.05) is 26.8 Å². The Morgan fingerprint density at radius 2 is 1.75 bits per heavy atom. The van der Waals surface area contributed by atoms with E-state index in [4.69, 9.17) is 14.2 Å². The smallest absolute Gasteiger partial charge is 0.409 e. The fraction of sp³-hybridized carbons (Fsp3) is 0.278. The number of nitrogens with zero attached hydrogens (tertiary/aromatic N) is 1. The van der Waals surface area contributed by atoms with Crippen LogP contribution in [0.4, 0.5) is 9.18 Å². The molecule has 0 atom stereocenters. The maximum absolute atomic E-state index is 13.5. The summed E-state index contributed by atoms with van der Waals surface area (Å²) in [5.74, 6) is 0.895. The maximum atomic E-state index is 13.5. The molecule has 1 amide bonds. The number of carbonyl (C=O) groups excluding carboxylic acids is 1. The van der Waals surface area contributed by atoms with Gasteiger partial charge < -0.3 is 19.1 Å². The van der Waals surface area contributed by atoms with E-state index in [1.807, 2.05) is 0 Å². The van der Waals surface area contributed by atoms with Crippen molar-refractivity contribution in [3.05, 3.63) is 54.3 Å². The minimum Gasteiger partial charge on any atom is -0.492 e. The van der Waals surface area contributed by atoms with Crippen molar-refractivity contribution in [3.8, 4) is 17.2 Å². The van der Waals surface area contributed by atoms with Gasteiger partial charge in [0.1, 0.15) is 18.1 Å². The minimum absolute atomic E-state index is 0.169. The molecule has 0 N–H and O–H groups in total. The first kappa shape index (κ1) is 17.6. The Morgan fingerprint density at radius 1 is 1.08 bits per heavy atom. The van der Waals surface area contributed by atoms with E-state index >= 15 is 0 Å². The van der Waals surface area contributed by atoms with E-state index in [9.17, 15) is 9.18 Å². The first-order valence-corrected chi connectivity index (χ1v) is 7.63. The Bertz CT molecular complexity index is 660. The standard InChI is InChI=1S/C18H20FNO4/c1-3-22-18(21)20(2)12-13-23-14-8-10-15(11-9-14)24-17-7-5-4-6-16(17)19/h4-11H,3,12-13H2,1-2H3. The molecule has 6 heteroatoms. The van der Waals surface area contributed by atoms with E-state index in [0.29, 0.717) is 31.3 Å². The molecule has 0 heterocycles. The zero-order valence-electron chi connectivity index (χ0n) is 13.7. The molecule has 0 aromatic heterocycles. The second-order valence-corrected chi connectivity index (χ2v) is 4.97. The summed E-state index contributed by atoms with van der Waals surface area (Å²) in [4.78, 5) is 12.9. The van der Waals surface area contributed by atoms with Crippen molar-refractivity contribution < 1.29 is 23.4 Å². The number of likely N-dealkylation sites (N-methyl/N-ethyl adjacent to an activating group) is 1. The molecule has 2 rings (SSSR count). The number of hydrogen-bond acceptors (Lipinski definition) is 4. The van der Waals surface area contributed by atoms with Gasteiger partial charge in [-0.05, 0) is 43.3 Å². The predicted octanol–water partition coefficient (Wildman–Crippen LogP) is 4.09. The van der Waals surface area contributed by atoms with Crippen LogP contribution >= 0.6 is 0 Å². The van der Waals surface area contributed by atoms with Crippen molar-refractivity contribution >= 4 is 6.09 Å². The lowest BCUT2D eigenvalue weighted by Gasteiger charge is -2.16. The van der Waals surface area contributed by atoms with Crippen LogP contribution in [-0.4, -0.2) is 37.8 Å². The number of rotatable bonds is 7. The highest BCUT2D eigenvalue weighted by Gasteiger charge is 2.08. The molecule has 0 saturated carbocycles. The van der Waals surface area contributed by atoms with Gasteiger partial charge in [-0.15, -0.1) is 0 Å². The first-order chi connectivity index (χ1) is 11.6. The summed E-state index contributed by atoms with van der Waals surface area (Å²) in [6, 6.07) is 13.0. The molecule has 128 valence electrons. The predicted molar refractivity (Wildman–Crippen MR) is 88.1 cm³/mol. The van der Waals surface area contributed by atoms with Crippen LogP contribution in [-0.2, 0) is 4.74 Å². The Morgan fingerprint density at radius 3 is 2.42 bits per heavy atom. The fourth-order valence-corrected chi connectivity index (χ4v) is 1.88. The molecule has 0 aliphatic carbocycles. The molecule has 0 saturated heterocycles. The van der Waals surface area contributed by atoms with E-state index in [2.05, 4.69) is 0 Å². The monoisotopic (exact) mass is 333 g/mol. The van der Waals surface area contributed by atoms with Crippen LogP contribution < -0.4 is 9.47 Å². The Balaban J connectivity index is 1.82. The van der Waals surface area contributed by atoms with Crippen LogP contribution in [0.2, 0.25) is 0 Å². The first-order valence-electron chi connectivity index (χ1n) is 7.63. The Hall–Kier alpha value is -2.76. The lowest BCUT2D eigenvalue weighted by molar-refractivity contribution is 0.110. The third-order valence-corrected chi connectivity index (χ3v) is 3.16. The quantitative estimate of drug-likeness (QED) is 0.766. The van der Waals surface area contributed by atoms with Gasteiger partial charge in [0, 0.05) is 7.05 Å². The lowest BCUT2D eigenvalue weighted by Crippen LogP contribution is -2.31. The molecular weight excluding hydrogens is 313 g/mol. The number of para-hydroxylation sites is 1. The van der Waals surface area contributed by atoms with E-state index in [-0.39, 0.29) is 11.8 Å². The zero-order chi connectivity index (χ0) is 17.4. The van der Waals surface area contributed by atoms with E-state index in [1.54, 1.807) is 56.4 Å². The summed E-state index contributed by atoms with van der Waals surface area (Å²) in [5.41, 5.74) is 0. The van der Waals surface area contributed by atoms with Gasteiger partial charge in [-0.1, -0.05) is 12.1 Å². The van der Waals surface area contributed by atoms with Crippen LogP contribution in [0.15, 0.2) is 48.5 Å². The van der Waals surface area contributed by atoms with Crippen molar-refractivity contribution in [3.63, 3.8) is 0 Å². The molecule has 5 nitrogen and oxygen atoms in total. The Labute approximate surface area is 140 Å². The van der Waals surface area contributed by atoms with Crippen molar-refractivity contribution in [1.82, 2.24) is 4.90 Å². The second-order valence-electron chi connectivity index (χ2n) is 4.97. The van der Waals surface area contributed by atoms with E-state index in [0.717, 1.165) is 0 Å². The van der Waals surface area contributed by atoms with Gasteiger partial charge in [-0.2, -0.15) is 0 Å². The third-order valence-electron chi connectivity index (χ3n) is 3.16. The van der Waals surface area contributed by atoms with Gasteiger partial charge >= 0.3 is 6.09 Å². The Kier molecular flexibility index (Phi) is 6.42. The van der Waals surface area contributed by atoms with Crippen molar-refractivity contribution in [2.24, 2.45) is 0 Å². The van der Waals surface area contributed by atoms with Gasteiger partial charge in [0.2, 0.25) is 0 Å². The van der Waals surface area contributed by atoms with E-state index in [1.165, 1.54) is 11.0 Å². The molecule has 0 fully saturated rings. The molecule has 0 bridgehead atoms. The maximum Gasteiger partial charge on any atom is 0.409 e. The van der Waals surface area contributed by atoms with Crippen LogP contribution in [0.1, 0.15) is 6.92 Å². The average molecular weight is 333 g/mol. The molecule has 2 aromatic rings. The summed E-state index contributed by atoms with van der Waals surface area (Å²) >= 11 is 0. The topological polar surface area (TPSA) is 48.0 Å². The molecule has 0 radical (unpaired) electrons. The molecule has 0 spiro atoms. The summed E-state index contributed by atoms with van der Waals surface area (Å²) in [5, 5.41) is 0. The van der Waals surface area contributed by atoms with Crippen LogP contribution in [0.25, 0.3) is 0 Å². The SMILES string of the molecule is CCOC(=O)N(C)CCOc1ccc(Oc2ccccc2F)cc1. The number of halogens is 1. The van der Waals surface area contributed by atoms with Crippen LogP contribution in [0, 0.1) is 5.82 Å². The number of ether oxygens (including phenoxy) is 3. The lowest BCUT2D eigenvalue weighted by atomic mass is 10.3. The molecule has 24 heavy (non-hydrogen) atoms. The van der Waals surface area contributed by atoms with Crippen LogP contribution in [0.3, 0.4) is 0 Å². The second kappa shape index (κ2) is 8.76. The summed E-state index contributed by atoms with van der Waals surface area (Å²) in [7, 11) is 1.65. The summed E-state index contributed by atoms with van der Waals surface area (Å²) < 4.78 is 29.4. The summed E-state index contributed by atoms with van der Waals surface area (Å²) in [6.07, 6.45) is -0.380. The van der Waals surface area contributed by atoms with Gasteiger partial charge in [-0.3, -0.25) is 0 Å². The number of hydrogen-bond donors (Lipinski definition) is 0. The van der Waals surface area contributed by atoms with Gasteiger partial charge in [0.25, 0.3) is 0 Å². The number of amides is 1. The third kappa shape index (κ3) is 5.15. The van der Waals surface area contributed by atoms with Crippen molar-refractivity contribution in [1.29, 1.82) is 0 Å². The van der Waals surface area contributed by atoms with Crippen molar-refractivity contribution in [2.45, 2.75) is 6.92 Å². The van der Waals surface area contributed by atoms with Gasteiger partial charge in [0.15, 0.2) is 11.6 Å². The zero-order valence-corrected chi connectivity index (χ0v) is 13.7.